The average molecular weight is 329 g/mol. The second-order valence-corrected chi connectivity index (χ2v) is 4.80. The van der Waals surface area contributed by atoms with Crippen LogP contribution in [0.1, 0.15) is 30.9 Å². The second kappa shape index (κ2) is 7.64. The molecule has 1 rings (SSSR count). The second-order valence-electron chi connectivity index (χ2n) is 3.63. The van der Waals surface area contributed by atoms with Crippen LogP contribution in [-0.4, -0.2) is 13.2 Å². The normalized spacial score (nSPS) is 10.1. The summed E-state index contributed by atoms with van der Waals surface area (Å²) in [7, 11) is 0. The largest absolute Gasteiger partial charge is 0.381 e. The Hall–Kier alpha value is -0.600. The zero-order valence-electron chi connectivity index (χ0n) is 9.50. The Bertz CT molecular complexity index is 371. The van der Waals surface area contributed by atoms with Gasteiger partial charge in [0.2, 0.25) is 0 Å². The molecule has 0 heterocycles. The zero-order valence-corrected chi connectivity index (χ0v) is 11.7. The number of benzene rings is 1. The van der Waals surface area contributed by atoms with Crippen molar-refractivity contribution in [2.24, 2.45) is 0 Å². The predicted octanol–water partition coefficient (Wildman–Crippen LogP) is 3.52. The number of hydrogen-bond donors (Lipinski definition) is 0. The Morgan fingerprint density at radius 1 is 1.38 bits per heavy atom. The van der Waals surface area contributed by atoms with Gasteiger partial charge >= 0.3 is 0 Å². The van der Waals surface area contributed by atoms with Crippen molar-refractivity contribution < 1.29 is 4.74 Å². The van der Waals surface area contributed by atoms with Gasteiger partial charge in [0.15, 0.2) is 0 Å². The highest BCUT2D eigenvalue weighted by molar-refractivity contribution is 14.1. The van der Waals surface area contributed by atoms with Crippen LogP contribution in [0.5, 0.6) is 0 Å². The minimum atomic E-state index is 0.741. The van der Waals surface area contributed by atoms with Gasteiger partial charge in [-0.15, -0.1) is 0 Å². The summed E-state index contributed by atoms with van der Waals surface area (Å²) in [4.78, 5) is 0. The van der Waals surface area contributed by atoms with Crippen molar-refractivity contribution in [1.82, 2.24) is 0 Å². The van der Waals surface area contributed by atoms with E-state index in [9.17, 15) is 0 Å². The highest BCUT2D eigenvalue weighted by atomic mass is 127. The summed E-state index contributed by atoms with van der Waals surface area (Å²) in [5.74, 6) is 0. The Balaban J connectivity index is 2.44. The molecule has 0 fully saturated rings. The molecule has 0 unspecified atom stereocenters. The summed E-state index contributed by atoms with van der Waals surface area (Å²) in [5, 5.41) is 8.82. The van der Waals surface area contributed by atoms with Gasteiger partial charge in [-0.3, -0.25) is 0 Å². The quantitative estimate of drug-likeness (QED) is 0.591. The van der Waals surface area contributed by atoms with Crippen LogP contribution in [0.25, 0.3) is 0 Å². The van der Waals surface area contributed by atoms with Gasteiger partial charge in [0.25, 0.3) is 0 Å². The first-order valence-corrected chi connectivity index (χ1v) is 6.62. The molecule has 1 aromatic carbocycles. The molecule has 0 aliphatic carbocycles. The molecule has 2 nitrogen and oxygen atoms in total. The lowest BCUT2D eigenvalue weighted by molar-refractivity contribution is 0.132. The molecule has 0 radical (unpaired) electrons. The van der Waals surface area contributed by atoms with Crippen LogP contribution in [0.15, 0.2) is 18.2 Å². The Morgan fingerprint density at radius 2 is 2.19 bits per heavy atom. The lowest BCUT2D eigenvalue weighted by Crippen LogP contribution is -1.99. The van der Waals surface area contributed by atoms with Crippen molar-refractivity contribution in [3.63, 3.8) is 0 Å². The van der Waals surface area contributed by atoms with E-state index >= 15 is 0 Å². The van der Waals surface area contributed by atoms with Crippen LogP contribution in [0.2, 0.25) is 0 Å². The van der Waals surface area contributed by atoms with Crippen LogP contribution in [0.3, 0.4) is 0 Å². The molecule has 0 N–H and O–H groups in total. The van der Waals surface area contributed by atoms with Crippen molar-refractivity contribution >= 4 is 22.6 Å². The summed E-state index contributed by atoms with van der Waals surface area (Å²) in [6.45, 7) is 3.76. The van der Waals surface area contributed by atoms with Crippen LogP contribution < -0.4 is 0 Å². The summed E-state index contributed by atoms with van der Waals surface area (Å²) in [6.07, 6.45) is 3.07. The van der Waals surface area contributed by atoms with Gasteiger partial charge in [0.05, 0.1) is 11.6 Å². The molecule has 3 heteroatoms. The molecule has 0 saturated heterocycles. The maximum Gasteiger partial charge on any atom is 0.0991 e. The lowest BCUT2D eigenvalue weighted by atomic mass is 10.1. The summed E-state index contributed by atoms with van der Waals surface area (Å²) < 4.78 is 6.66. The predicted molar refractivity (Wildman–Crippen MR) is 73.3 cm³/mol. The first-order chi connectivity index (χ1) is 7.77. The molecular formula is C13H16INO. The van der Waals surface area contributed by atoms with E-state index in [0.717, 1.165) is 38.0 Å². The van der Waals surface area contributed by atoms with E-state index < -0.39 is 0 Å². The third-order valence-electron chi connectivity index (χ3n) is 2.26. The molecule has 0 amide bonds. The van der Waals surface area contributed by atoms with Gasteiger partial charge in [-0.2, -0.15) is 5.26 Å². The third kappa shape index (κ3) is 4.50. The summed E-state index contributed by atoms with van der Waals surface area (Å²) in [5.41, 5.74) is 1.99. The third-order valence-corrected chi connectivity index (χ3v) is 3.31. The fraction of sp³-hybridized carbons (Fsp3) is 0.462. The van der Waals surface area contributed by atoms with E-state index in [1.54, 1.807) is 0 Å². The van der Waals surface area contributed by atoms with Crippen LogP contribution in [0, 0.1) is 14.9 Å². The molecule has 0 aliphatic heterocycles. The van der Waals surface area contributed by atoms with Crippen LogP contribution in [-0.2, 0) is 11.2 Å². The maximum atomic E-state index is 8.82. The monoisotopic (exact) mass is 329 g/mol. The van der Waals surface area contributed by atoms with E-state index in [0.29, 0.717) is 0 Å². The number of rotatable bonds is 6. The Labute approximate surface area is 111 Å². The highest BCUT2D eigenvalue weighted by Crippen LogP contribution is 2.15. The molecule has 0 aliphatic rings. The zero-order chi connectivity index (χ0) is 11.8. The van der Waals surface area contributed by atoms with Gasteiger partial charge in [-0.25, -0.2) is 0 Å². The first-order valence-electron chi connectivity index (χ1n) is 5.54. The average Bonchev–Trinajstić information content (AvgIpc) is 2.31. The molecule has 0 aromatic heterocycles. The fourth-order valence-electron chi connectivity index (χ4n) is 1.45. The molecule has 1 aromatic rings. The van der Waals surface area contributed by atoms with E-state index in [4.69, 9.17) is 10.00 Å². The van der Waals surface area contributed by atoms with E-state index in [-0.39, 0.29) is 0 Å². The SMILES string of the molecule is CCCOCCCc1cc(C#N)ccc1I. The number of hydrogen-bond acceptors (Lipinski definition) is 2. The van der Waals surface area contributed by atoms with E-state index in [1.165, 1.54) is 9.13 Å². The van der Waals surface area contributed by atoms with Crippen molar-refractivity contribution in [2.45, 2.75) is 26.2 Å². The van der Waals surface area contributed by atoms with Gasteiger partial charge in [-0.1, -0.05) is 6.92 Å². The molecule has 0 spiro atoms. The smallest absolute Gasteiger partial charge is 0.0991 e. The molecule has 0 atom stereocenters. The van der Waals surface area contributed by atoms with Crippen LogP contribution >= 0.6 is 22.6 Å². The standard InChI is InChI=1S/C13H16INO/c1-2-7-16-8-3-4-12-9-11(10-15)5-6-13(12)14/h5-6,9H,2-4,7-8H2,1H3. The molecule has 0 saturated carbocycles. The van der Waals surface area contributed by atoms with Gasteiger partial charge < -0.3 is 4.74 Å². The summed E-state index contributed by atoms with van der Waals surface area (Å²) >= 11 is 2.31. The Morgan fingerprint density at radius 3 is 2.88 bits per heavy atom. The van der Waals surface area contributed by atoms with E-state index in [1.807, 2.05) is 18.2 Å². The van der Waals surface area contributed by atoms with Crippen molar-refractivity contribution in [2.75, 3.05) is 13.2 Å². The maximum absolute atomic E-state index is 8.82. The van der Waals surface area contributed by atoms with Crippen LogP contribution in [0.4, 0.5) is 0 Å². The minimum Gasteiger partial charge on any atom is -0.381 e. The summed E-state index contributed by atoms with van der Waals surface area (Å²) in [6, 6.07) is 8.01. The van der Waals surface area contributed by atoms with Crippen molar-refractivity contribution in [3.05, 3.63) is 32.9 Å². The molecule has 86 valence electrons. The van der Waals surface area contributed by atoms with Crippen molar-refractivity contribution in [3.8, 4) is 6.07 Å². The number of halogens is 1. The molecule has 16 heavy (non-hydrogen) atoms. The topological polar surface area (TPSA) is 33.0 Å². The Kier molecular flexibility index (Phi) is 6.43. The fourth-order valence-corrected chi connectivity index (χ4v) is 2.05. The van der Waals surface area contributed by atoms with Crippen molar-refractivity contribution in [1.29, 1.82) is 5.26 Å². The minimum absolute atomic E-state index is 0.741. The number of aryl methyl sites for hydroxylation is 1. The lowest BCUT2D eigenvalue weighted by Gasteiger charge is -2.05. The first kappa shape index (κ1) is 13.5. The number of nitrogens with zero attached hydrogens (tertiary/aromatic N) is 1. The number of ether oxygens (including phenoxy) is 1. The molecular weight excluding hydrogens is 313 g/mol. The van der Waals surface area contributed by atoms with Gasteiger partial charge in [0.1, 0.15) is 0 Å². The number of nitriles is 1. The molecule has 0 bridgehead atoms. The highest BCUT2D eigenvalue weighted by Gasteiger charge is 2.01. The van der Waals surface area contributed by atoms with Gasteiger partial charge in [-0.05, 0) is 65.6 Å². The van der Waals surface area contributed by atoms with E-state index in [2.05, 4.69) is 35.6 Å². The van der Waals surface area contributed by atoms with Gasteiger partial charge in [0, 0.05) is 16.8 Å².